The van der Waals surface area contributed by atoms with E-state index in [1.807, 2.05) is 54.6 Å². The fourth-order valence-electron chi connectivity index (χ4n) is 4.05. The fourth-order valence-corrected chi connectivity index (χ4v) is 4.31. The van der Waals surface area contributed by atoms with Crippen molar-refractivity contribution in [2.45, 2.75) is 18.9 Å². The quantitative estimate of drug-likeness (QED) is 0.728. The van der Waals surface area contributed by atoms with Gasteiger partial charge in [-0.2, -0.15) is 0 Å². The average Bonchev–Trinajstić information content (AvgIpc) is 3.01. The maximum Gasteiger partial charge on any atom is 0.247 e. The van der Waals surface area contributed by atoms with Crippen molar-refractivity contribution in [1.29, 1.82) is 0 Å². The number of hydrogen-bond acceptors (Lipinski definition) is 4. The zero-order valence-electron chi connectivity index (χ0n) is 15.8. The highest BCUT2D eigenvalue weighted by molar-refractivity contribution is 6.33. The predicted molar refractivity (Wildman–Crippen MR) is 111 cm³/mol. The van der Waals surface area contributed by atoms with Gasteiger partial charge >= 0.3 is 0 Å². The molecule has 28 heavy (non-hydrogen) atoms. The van der Waals surface area contributed by atoms with E-state index in [0.29, 0.717) is 19.4 Å². The largest absolute Gasteiger partial charge is 0.368 e. The first-order valence-electron chi connectivity index (χ1n) is 9.75. The number of amides is 2. The van der Waals surface area contributed by atoms with E-state index in [2.05, 4.69) is 9.80 Å². The summed E-state index contributed by atoms with van der Waals surface area (Å²) in [6.45, 7) is 3.55. The van der Waals surface area contributed by atoms with E-state index in [1.165, 1.54) is 4.90 Å². The Morgan fingerprint density at radius 3 is 2.29 bits per heavy atom. The van der Waals surface area contributed by atoms with Crippen LogP contribution in [0.1, 0.15) is 12.0 Å². The van der Waals surface area contributed by atoms with Crippen LogP contribution in [-0.2, 0) is 16.0 Å². The van der Waals surface area contributed by atoms with Gasteiger partial charge in [0.1, 0.15) is 0 Å². The fraction of sp³-hybridized carbons (Fsp3) is 0.364. The van der Waals surface area contributed by atoms with E-state index in [0.717, 1.165) is 42.5 Å². The van der Waals surface area contributed by atoms with Gasteiger partial charge in [0.25, 0.3) is 0 Å². The second-order valence-corrected chi connectivity index (χ2v) is 7.72. The Kier molecular flexibility index (Phi) is 5.64. The third-order valence-electron chi connectivity index (χ3n) is 5.64. The Hall–Kier alpha value is -2.37. The number of carbonyl (C=O) groups is 2. The van der Waals surface area contributed by atoms with Crippen LogP contribution in [0, 0.1) is 0 Å². The van der Waals surface area contributed by atoms with E-state index in [1.54, 1.807) is 0 Å². The average molecular weight is 398 g/mol. The van der Waals surface area contributed by atoms with Gasteiger partial charge < -0.3 is 4.90 Å². The Balaban J connectivity index is 1.35. The van der Waals surface area contributed by atoms with Gasteiger partial charge in [0.2, 0.25) is 11.8 Å². The van der Waals surface area contributed by atoms with Crippen molar-refractivity contribution in [2.24, 2.45) is 0 Å². The number of halogens is 1. The van der Waals surface area contributed by atoms with Crippen molar-refractivity contribution in [3.63, 3.8) is 0 Å². The van der Waals surface area contributed by atoms with Crippen LogP contribution >= 0.6 is 11.6 Å². The lowest BCUT2D eigenvalue weighted by Crippen LogP contribution is -2.52. The molecule has 6 heteroatoms. The molecular formula is C22H24ClN3O2. The molecule has 2 saturated heterocycles. The first-order valence-corrected chi connectivity index (χ1v) is 10.1. The van der Waals surface area contributed by atoms with Crippen molar-refractivity contribution in [3.8, 4) is 0 Å². The van der Waals surface area contributed by atoms with Crippen LogP contribution in [0.2, 0.25) is 5.02 Å². The summed E-state index contributed by atoms with van der Waals surface area (Å²) in [6, 6.07) is 17.5. The molecule has 0 aromatic heterocycles. The topological polar surface area (TPSA) is 43.9 Å². The molecule has 2 fully saturated rings. The third kappa shape index (κ3) is 3.91. The summed E-state index contributed by atoms with van der Waals surface area (Å²) in [5.74, 6) is -0.105. The minimum absolute atomic E-state index is 0.0490. The molecule has 0 bridgehead atoms. The molecule has 2 aliphatic heterocycles. The SMILES string of the molecule is O=C1C[C@@H](N2CCN(c3ccccc3Cl)CC2)C(=O)N1CCc1ccccc1. The van der Waals surface area contributed by atoms with Gasteiger partial charge in [0.05, 0.1) is 23.2 Å². The molecule has 146 valence electrons. The summed E-state index contributed by atoms with van der Waals surface area (Å²) >= 11 is 6.31. The number of benzene rings is 2. The van der Waals surface area contributed by atoms with Gasteiger partial charge in [0, 0.05) is 32.7 Å². The van der Waals surface area contributed by atoms with Crippen molar-refractivity contribution >= 4 is 29.1 Å². The Labute approximate surface area is 170 Å². The molecule has 0 unspecified atom stereocenters. The molecule has 2 heterocycles. The van der Waals surface area contributed by atoms with E-state index >= 15 is 0 Å². The highest BCUT2D eigenvalue weighted by Gasteiger charge is 2.42. The standard InChI is InChI=1S/C22H24ClN3O2/c23-18-8-4-5-9-19(18)24-12-14-25(15-13-24)20-16-21(27)26(22(20)28)11-10-17-6-2-1-3-7-17/h1-9,20H,10-16H2/t20-/m1/s1. The van der Waals surface area contributed by atoms with Crippen molar-refractivity contribution in [1.82, 2.24) is 9.80 Å². The molecule has 0 aliphatic carbocycles. The molecule has 0 saturated carbocycles. The smallest absolute Gasteiger partial charge is 0.247 e. The van der Waals surface area contributed by atoms with Gasteiger partial charge in [0.15, 0.2) is 0 Å². The van der Waals surface area contributed by atoms with E-state index in [-0.39, 0.29) is 17.9 Å². The molecule has 2 aromatic carbocycles. The first kappa shape index (κ1) is 19.0. The Bertz CT molecular complexity index is 850. The molecular weight excluding hydrogens is 374 g/mol. The summed E-state index contributed by atoms with van der Waals surface area (Å²) in [5.41, 5.74) is 2.17. The highest BCUT2D eigenvalue weighted by atomic mass is 35.5. The number of piperazine rings is 1. The maximum atomic E-state index is 12.9. The number of carbonyl (C=O) groups excluding carboxylic acids is 2. The number of rotatable bonds is 5. The van der Waals surface area contributed by atoms with Gasteiger partial charge in [-0.3, -0.25) is 19.4 Å². The minimum atomic E-state index is -0.323. The van der Waals surface area contributed by atoms with Crippen LogP contribution in [0.5, 0.6) is 0 Å². The van der Waals surface area contributed by atoms with E-state index < -0.39 is 0 Å². The molecule has 1 atom stereocenters. The lowest BCUT2D eigenvalue weighted by molar-refractivity contribution is -0.139. The third-order valence-corrected chi connectivity index (χ3v) is 5.95. The molecule has 5 nitrogen and oxygen atoms in total. The first-order chi connectivity index (χ1) is 13.6. The minimum Gasteiger partial charge on any atom is -0.368 e. The van der Waals surface area contributed by atoms with Gasteiger partial charge in [-0.1, -0.05) is 54.1 Å². The Morgan fingerprint density at radius 1 is 0.893 bits per heavy atom. The second kappa shape index (κ2) is 8.33. The predicted octanol–water partition coefficient (Wildman–Crippen LogP) is 2.83. The van der Waals surface area contributed by atoms with E-state index in [4.69, 9.17) is 11.6 Å². The normalized spacial score (nSPS) is 20.8. The lowest BCUT2D eigenvalue weighted by atomic mass is 10.1. The number of hydrogen-bond donors (Lipinski definition) is 0. The van der Waals surface area contributed by atoms with Gasteiger partial charge in [-0.25, -0.2) is 0 Å². The zero-order chi connectivity index (χ0) is 19.5. The summed E-state index contributed by atoms with van der Waals surface area (Å²) in [7, 11) is 0. The summed E-state index contributed by atoms with van der Waals surface area (Å²) < 4.78 is 0. The highest BCUT2D eigenvalue weighted by Crippen LogP contribution is 2.27. The van der Waals surface area contributed by atoms with Gasteiger partial charge in [-0.15, -0.1) is 0 Å². The second-order valence-electron chi connectivity index (χ2n) is 7.31. The molecule has 0 radical (unpaired) electrons. The maximum absolute atomic E-state index is 12.9. The summed E-state index contributed by atoms with van der Waals surface area (Å²) in [5, 5.41) is 0.746. The van der Waals surface area contributed by atoms with Crippen molar-refractivity contribution in [3.05, 3.63) is 65.2 Å². The van der Waals surface area contributed by atoms with Crippen LogP contribution in [0.15, 0.2) is 54.6 Å². The van der Waals surface area contributed by atoms with Crippen LogP contribution in [0.3, 0.4) is 0 Å². The van der Waals surface area contributed by atoms with E-state index in [9.17, 15) is 9.59 Å². The number of imide groups is 1. The number of anilines is 1. The van der Waals surface area contributed by atoms with Crippen LogP contribution in [0.25, 0.3) is 0 Å². The number of nitrogens with zero attached hydrogens (tertiary/aromatic N) is 3. The molecule has 0 N–H and O–H groups in total. The lowest BCUT2D eigenvalue weighted by Gasteiger charge is -2.38. The van der Waals surface area contributed by atoms with Crippen LogP contribution in [0.4, 0.5) is 5.69 Å². The van der Waals surface area contributed by atoms with Gasteiger partial charge in [-0.05, 0) is 24.1 Å². The number of para-hydroxylation sites is 1. The molecule has 0 spiro atoms. The van der Waals surface area contributed by atoms with Crippen LogP contribution in [-0.4, -0.2) is 60.4 Å². The van der Waals surface area contributed by atoms with Crippen molar-refractivity contribution in [2.75, 3.05) is 37.6 Å². The molecule has 2 amide bonds. The molecule has 4 rings (SSSR count). The van der Waals surface area contributed by atoms with Crippen molar-refractivity contribution < 1.29 is 9.59 Å². The monoisotopic (exact) mass is 397 g/mol. The zero-order valence-corrected chi connectivity index (χ0v) is 16.5. The Morgan fingerprint density at radius 2 is 1.57 bits per heavy atom. The number of likely N-dealkylation sites (tertiary alicyclic amines) is 1. The molecule has 2 aliphatic rings. The summed E-state index contributed by atoms with van der Waals surface area (Å²) in [4.78, 5) is 31.1. The summed E-state index contributed by atoms with van der Waals surface area (Å²) in [6.07, 6.45) is 0.991. The molecule has 2 aromatic rings. The van der Waals surface area contributed by atoms with Crippen LogP contribution < -0.4 is 4.90 Å².